The number of aliphatic hydroxyl groups is 1. The highest BCUT2D eigenvalue weighted by Gasteiger charge is 2.36. The Kier molecular flexibility index (Phi) is 4.41. The molecule has 1 N–H and O–H groups in total. The summed E-state index contributed by atoms with van der Waals surface area (Å²) in [7, 11) is 0. The van der Waals surface area contributed by atoms with Crippen molar-refractivity contribution in [2.24, 2.45) is 5.41 Å². The lowest BCUT2D eigenvalue weighted by Gasteiger charge is -2.34. The number of carbonyl (C=O) groups excluding carboxylic acids is 2. The fourth-order valence-corrected chi connectivity index (χ4v) is 2.30. The normalized spacial score (nSPS) is 24.8. The summed E-state index contributed by atoms with van der Waals surface area (Å²) in [6, 6.07) is 0. The van der Waals surface area contributed by atoms with Crippen molar-refractivity contribution in [2.45, 2.75) is 40.2 Å². The Morgan fingerprint density at radius 3 is 2.61 bits per heavy atom. The summed E-state index contributed by atoms with van der Waals surface area (Å²) in [6.45, 7) is 7.58. The zero-order chi connectivity index (χ0) is 13.9. The van der Waals surface area contributed by atoms with Gasteiger partial charge in [0.05, 0.1) is 0 Å². The van der Waals surface area contributed by atoms with Gasteiger partial charge in [0.2, 0.25) is 0 Å². The van der Waals surface area contributed by atoms with Gasteiger partial charge in [0, 0.05) is 0 Å². The van der Waals surface area contributed by atoms with Crippen LogP contribution in [0.2, 0.25) is 0 Å². The summed E-state index contributed by atoms with van der Waals surface area (Å²) < 4.78 is 0. The molecular formula is C15H20O3. The lowest BCUT2D eigenvalue weighted by molar-refractivity contribution is -0.125. The van der Waals surface area contributed by atoms with Crippen LogP contribution in [0.15, 0.2) is 34.9 Å². The number of carbonyl (C=O) groups is 2. The minimum atomic E-state index is -0.899. The molecule has 1 aliphatic rings. The first-order valence-electron chi connectivity index (χ1n) is 6.03. The molecule has 0 aliphatic heterocycles. The van der Waals surface area contributed by atoms with Crippen molar-refractivity contribution >= 4 is 12.1 Å². The van der Waals surface area contributed by atoms with Crippen LogP contribution in [0.1, 0.15) is 34.1 Å². The maximum Gasteiger partial charge on any atom is 0.187 e. The molecule has 1 rings (SSSR count). The third kappa shape index (κ3) is 3.05. The highest BCUT2D eigenvalue weighted by Crippen LogP contribution is 2.39. The molecule has 0 heterocycles. The Labute approximate surface area is 108 Å². The summed E-state index contributed by atoms with van der Waals surface area (Å²) in [5.41, 5.74) is 2.13. The first-order chi connectivity index (χ1) is 8.29. The van der Waals surface area contributed by atoms with E-state index in [2.05, 4.69) is 0 Å². The Balaban J connectivity index is 3.15. The van der Waals surface area contributed by atoms with Crippen LogP contribution >= 0.6 is 0 Å². The third-order valence-corrected chi connectivity index (χ3v) is 3.35. The van der Waals surface area contributed by atoms with Gasteiger partial charge >= 0.3 is 0 Å². The van der Waals surface area contributed by atoms with Gasteiger partial charge in [-0.3, -0.25) is 9.59 Å². The highest BCUT2D eigenvalue weighted by molar-refractivity contribution is 6.00. The number of hydrogen-bond acceptors (Lipinski definition) is 3. The minimum absolute atomic E-state index is 0.203. The Morgan fingerprint density at radius 2 is 2.06 bits per heavy atom. The standard InChI is InChI=1S/C15H20O3/c1-10(7-8-16)5-6-12-11(2)14(18)13(17)9-15(12,3)4/h5-8,13,17H,9H2,1-4H3/b6-5+,10-7+/t13-/m0/s1. The second-order valence-electron chi connectivity index (χ2n) is 5.39. The van der Waals surface area contributed by atoms with Crippen molar-refractivity contribution in [3.8, 4) is 0 Å². The Morgan fingerprint density at radius 1 is 1.44 bits per heavy atom. The van der Waals surface area contributed by atoms with Crippen molar-refractivity contribution in [2.75, 3.05) is 0 Å². The molecule has 0 aromatic rings. The van der Waals surface area contributed by atoms with E-state index in [1.54, 1.807) is 6.92 Å². The molecule has 0 saturated carbocycles. The van der Waals surface area contributed by atoms with Gasteiger partial charge in [-0.25, -0.2) is 0 Å². The predicted octanol–water partition coefficient (Wildman–Crippen LogP) is 2.36. The minimum Gasteiger partial charge on any atom is -0.385 e. The van der Waals surface area contributed by atoms with Crippen LogP contribution in [0.25, 0.3) is 0 Å². The number of allylic oxidation sites excluding steroid dienone is 5. The zero-order valence-corrected chi connectivity index (χ0v) is 11.4. The van der Waals surface area contributed by atoms with E-state index in [0.717, 1.165) is 17.4 Å². The molecule has 0 bridgehead atoms. The molecule has 1 aliphatic carbocycles. The van der Waals surface area contributed by atoms with E-state index < -0.39 is 6.10 Å². The van der Waals surface area contributed by atoms with Crippen LogP contribution in [0.3, 0.4) is 0 Å². The first kappa shape index (κ1) is 14.6. The third-order valence-electron chi connectivity index (χ3n) is 3.35. The summed E-state index contributed by atoms with van der Waals surface area (Å²) in [5, 5.41) is 9.70. The van der Waals surface area contributed by atoms with Crippen molar-refractivity contribution in [1.82, 2.24) is 0 Å². The fraction of sp³-hybridized carbons (Fsp3) is 0.467. The summed E-state index contributed by atoms with van der Waals surface area (Å²) in [4.78, 5) is 22.1. The van der Waals surface area contributed by atoms with E-state index in [1.165, 1.54) is 6.08 Å². The monoisotopic (exact) mass is 248 g/mol. The van der Waals surface area contributed by atoms with Gasteiger partial charge in [0.1, 0.15) is 12.4 Å². The number of ketones is 1. The molecule has 3 heteroatoms. The molecule has 1 atom stereocenters. The summed E-state index contributed by atoms with van der Waals surface area (Å²) >= 11 is 0. The molecule has 0 aromatic heterocycles. The smallest absolute Gasteiger partial charge is 0.187 e. The lowest BCUT2D eigenvalue weighted by atomic mass is 9.71. The maximum atomic E-state index is 11.8. The van der Waals surface area contributed by atoms with E-state index in [4.69, 9.17) is 0 Å². The van der Waals surface area contributed by atoms with Crippen molar-refractivity contribution in [1.29, 1.82) is 0 Å². The van der Waals surface area contributed by atoms with Crippen LogP contribution in [0.5, 0.6) is 0 Å². The van der Waals surface area contributed by atoms with E-state index in [1.807, 2.05) is 32.9 Å². The second-order valence-corrected chi connectivity index (χ2v) is 5.39. The predicted molar refractivity (Wildman–Crippen MR) is 71.1 cm³/mol. The molecule has 3 nitrogen and oxygen atoms in total. The quantitative estimate of drug-likeness (QED) is 0.474. The average Bonchev–Trinajstić information content (AvgIpc) is 2.25. The second kappa shape index (κ2) is 5.44. The Bertz CT molecular complexity index is 450. The molecule has 98 valence electrons. The molecule has 0 unspecified atom stereocenters. The van der Waals surface area contributed by atoms with E-state index in [0.29, 0.717) is 12.0 Å². The number of hydrogen-bond donors (Lipinski definition) is 1. The summed E-state index contributed by atoms with van der Waals surface area (Å²) in [5.74, 6) is -0.203. The Hall–Kier alpha value is -1.48. The topological polar surface area (TPSA) is 54.4 Å². The van der Waals surface area contributed by atoms with E-state index >= 15 is 0 Å². The molecule has 0 amide bonds. The van der Waals surface area contributed by atoms with E-state index in [-0.39, 0.29) is 11.2 Å². The van der Waals surface area contributed by atoms with Crippen molar-refractivity contribution < 1.29 is 14.7 Å². The average molecular weight is 248 g/mol. The van der Waals surface area contributed by atoms with Gasteiger partial charge in [-0.2, -0.15) is 0 Å². The largest absolute Gasteiger partial charge is 0.385 e. The molecule has 18 heavy (non-hydrogen) atoms. The zero-order valence-electron chi connectivity index (χ0n) is 11.4. The number of rotatable bonds is 3. The molecule has 0 fully saturated rings. The maximum absolute atomic E-state index is 11.8. The van der Waals surface area contributed by atoms with Crippen LogP contribution in [-0.4, -0.2) is 23.3 Å². The van der Waals surface area contributed by atoms with Gasteiger partial charge in [0.25, 0.3) is 0 Å². The number of Topliss-reactive ketones (excluding diaryl/α,β-unsaturated/α-hetero) is 1. The first-order valence-corrected chi connectivity index (χ1v) is 6.03. The van der Waals surface area contributed by atoms with Gasteiger partial charge in [-0.1, -0.05) is 26.0 Å². The molecule has 0 radical (unpaired) electrons. The number of aliphatic hydroxyl groups excluding tert-OH is 1. The molecule has 0 spiro atoms. The SMILES string of the molecule is CC1=C(/C=C/C(C)=C/C=O)C(C)(C)C[C@H](O)C1=O. The molecule has 0 aromatic carbocycles. The highest BCUT2D eigenvalue weighted by atomic mass is 16.3. The van der Waals surface area contributed by atoms with Crippen LogP contribution in [0.4, 0.5) is 0 Å². The van der Waals surface area contributed by atoms with Crippen LogP contribution in [-0.2, 0) is 9.59 Å². The van der Waals surface area contributed by atoms with Crippen LogP contribution in [0, 0.1) is 5.41 Å². The van der Waals surface area contributed by atoms with Crippen LogP contribution < -0.4 is 0 Å². The van der Waals surface area contributed by atoms with Gasteiger partial charge in [-0.05, 0) is 48.5 Å². The lowest BCUT2D eigenvalue weighted by Crippen LogP contribution is -2.35. The van der Waals surface area contributed by atoms with Crippen molar-refractivity contribution in [3.63, 3.8) is 0 Å². The fourth-order valence-electron chi connectivity index (χ4n) is 2.30. The molecule has 0 saturated heterocycles. The molecular weight excluding hydrogens is 228 g/mol. The van der Waals surface area contributed by atoms with Gasteiger partial charge in [-0.15, -0.1) is 0 Å². The van der Waals surface area contributed by atoms with E-state index in [9.17, 15) is 14.7 Å². The van der Waals surface area contributed by atoms with Gasteiger partial charge < -0.3 is 5.11 Å². The summed E-state index contributed by atoms with van der Waals surface area (Å²) in [6.07, 6.45) is 5.43. The van der Waals surface area contributed by atoms with Crippen molar-refractivity contribution in [3.05, 3.63) is 34.9 Å². The number of aldehydes is 1. The van der Waals surface area contributed by atoms with Gasteiger partial charge in [0.15, 0.2) is 5.78 Å².